The predicted octanol–water partition coefficient (Wildman–Crippen LogP) is 4.09. The van der Waals surface area contributed by atoms with Gasteiger partial charge in [-0.15, -0.1) is 0 Å². The second-order valence-corrected chi connectivity index (χ2v) is 5.25. The first-order valence-electron chi connectivity index (χ1n) is 5.61. The Morgan fingerprint density at radius 2 is 2.00 bits per heavy atom. The SMILES string of the molecule is O=C(O)c1cc(OCc2ccccc2Cl)cc(Br)c1O. The van der Waals surface area contributed by atoms with Gasteiger partial charge in [0.15, 0.2) is 0 Å². The van der Waals surface area contributed by atoms with Gasteiger partial charge in [0, 0.05) is 10.6 Å². The van der Waals surface area contributed by atoms with E-state index in [0.717, 1.165) is 5.56 Å². The minimum Gasteiger partial charge on any atom is -0.506 e. The highest BCUT2D eigenvalue weighted by atomic mass is 79.9. The third kappa shape index (κ3) is 3.23. The first-order chi connectivity index (χ1) is 9.49. The molecule has 0 bridgehead atoms. The number of carboxylic acid groups (broad SMARTS) is 1. The first kappa shape index (κ1) is 14.7. The Bertz CT molecular complexity index is 658. The van der Waals surface area contributed by atoms with E-state index in [0.29, 0.717) is 10.8 Å². The molecule has 0 spiro atoms. The number of benzene rings is 2. The molecule has 0 saturated heterocycles. The van der Waals surface area contributed by atoms with Crippen molar-refractivity contribution in [2.24, 2.45) is 0 Å². The molecular weight excluding hydrogens is 348 g/mol. The van der Waals surface area contributed by atoms with E-state index in [1.165, 1.54) is 12.1 Å². The molecule has 0 radical (unpaired) electrons. The van der Waals surface area contributed by atoms with Crippen molar-refractivity contribution in [1.82, 2.24) is 0 Å². The molecule has 20 heavy (non-hydrogen) atoms. The molecule has 2 rings (SSSR count). The van der Waals surface area contributed by atoms with E-state index in [4.69, 9.17) is 21.4 Å². The number of aromatic hydroxyl groups is 1. The van der Waals surface area contributed by atoms with Gasteiger partial charge in [-0.3, -0.25) is 0 Å². The number of phenols is 1. The molecule has 0 aliphatic rings. The summed E-state index contributed by atoms with van der Waals surface area (Å²) in [7, 11) is 0. The molecule has 2 aromatic carbocycles. The van der Waals surface area contributed by atoms with Crippen LogP contribution in [0.25, 0.3) is 0 Å². The second kappa shape index (κ2) is 6.15. The van der Waals surface area contributed by atoms with E-state index in [2.05, 4.69) is 15.9 Å². The van der Waals surface area contributed by atoms with Crippen LogP contribution in [0.4, 0.5) is 0 Å². The van der Waals surface area contributed by atoms with E-state index in [-0.39, 0.29) is 22.4 Å². The number of carbonyl (C=O) groups is 1. The van der Waals surface area contributed by atoms with Crippen LogP contribution in [0, 0.1) is 0 Å². The number of rotatable bonds is 4. The molecule has 6 heteroatoms. The summed E-state index contributed by atoms with van der Waals surface area (Å²) < 4.78 is 5.77. The van der Waals surface area contributed by atoms with Gasteiger partial charge in [0.2, 0.25) is 0 Å². The van der Waals surface area contributed by atoms with Gasteiger partial charge < -0.3 is 14.9 Å². The van der Waals surface area contributed by atoms with E-state index in [9.17, 15) is 9.90 Å². The van der Waals surface area contributed by atoms with Gasteiger partial charge in [0.05, 0.1) is 4.47 Å². The van der Waals surface area contributed by atoms with Gasteiger partial charge in [0.25, 0.3) is 0 Å². The van der Waals surface area contributed by atoms with E-state index >= 15 is 0 Å². The molecule has 0 atom stereocenters. The highest BCUT2D eigenvalue weighted by Gasteiger charge is 2.15. The van der Waals surface area contributed by atoms with Crippen molar-refractivity contribution in [3.63, 3.8) is 0 Å². The topological polar surface area (TPSA) is 66.8 Å². The van der Waals surface area contributed by atoms with Crippen molar-refractivity contribution >= 4 is 33.5 Å². The second-order valence-electron chi connectivity index (χ2n) is 3.99. The van der Waals surface area contributed by atoms with Gasteiger partial charge in [-0.25, -0.2) is 4.79 Å². The number of hydrogen-bond donors (Lipinski definition) is 2. The highest BCUT2D eigenvalue weighted by molar-refractivity contribution is 9.10. The van der Waals surface area contributed by atoms with Crippen LogP contribution >= 0.6 is 27.5 Å². The van der Waals surface area contributed by atoms with Crippen molar-refractivity contribution in [3.8, 4) is 11.5 Å². The van der Waals surface area contributed by atoms with Crippen LogP contribution in [-0.2, 0) is 6.61 Å². The van der Waals surface area contributed by atoms with Gasteiger partial charge in [-0.2, -0.15) is 0 Å². The van der Waals surface area contributed by atoms with Crippen LogP contribution < -0.4 is 4.74 Å². The molecular formula is C14H10BrClO4. The van der Waals surface area contributed by atoms with Crippen molar-refractivity contribution in [3.05, 3.63) is 57.0 Å². The molecule has 0 aliphatic heterocycles. The first-order valence-corrected chi connectivity index (χ1v) is 6.78. The summed E-state index contributed by atoms with van der Waals surface area (Å²) in [4.78, 5) is 11.0. The zero-order valence-corrected chi connectivity index (χ0v) is 12.5. The van der Waals surface area contributed by atoms with E-state index in [1.807, 2.05) is 18.2 Å². The van der Waals surface area contributed by atoms with Crippen molar-refractivity contribution in [2.45, 2.75) is 6.61 Å². The number of hydrogen-bond acceptors (Lipinski definition) is 3. The minimum absolute atomic E-state index is 0.204. The molecule has 0 aromatic heterocycles. The third-order valence-electron chi connectivity index (χ3n) is 2.62. The van der Waals surface area contributed by atoms with Gasteiger partial charge in [0.1, 0.15) is 23.7 Å². The molecule has 0 unspecified atom stereocenters. The van der Waals surface area contributed by atoms with Crippen LogP contribution in [0.3, 0.4) is 0 Å². The monoisotopic (exact) mass is 356 g/mol. The lowest BCUT2D eigenvalue weighted by molar-refractivity contribution is 0.0693. The lowest BCUT2D eigenvalue weighted by atomic mass is 10.2. The molecule has 0 amide bonds. The third-order valence-corrected chi connectivity index (χ3v) is 3.59. The maximum absolute atomic E-state index is 11.0. The number of ether oxygens (including phenoxy) is 1. The number of aromatic carboxylic acids is 1. The van der Waals surface area contributed by atoms with Crippen molar-refractivity contribution < 1.29 is 19.7 Å². The summed E-state index contributed by atoms with van der Waals surface area (Å²) in [6.45, 7) is 0.204. The van der Waals surface area contributed by atoms with Crippen LogP contribution in [0.15, 0.2) is 40.9 Å². The Kier molecular flexibility index (Phi) is 4.52. The highest BCUT2D eigenvalue weighted by Crippen LogP contribution is 2.33. The summed E-state index contributed by atoms with van der Waals surface area (Å²) in [5.74, 6) is -1.24. The smallest absolute Gasteiger partial charge is 0.339 e. The van der Waals surface area contributed by atoms with E-state index < -0.39 is 5.97 Å². The summed E-state index contributed by atoms with van der Waals surface area (Å²) >= 11 is 9.09. The average Bonchev–Trinajstić information content (AvgIpc) is 2.41. The summed E-state index contributed by atoms with van der Waals surface area (Å²) in [5, 5.41) is 19.2. The van der Waals surface area contributed by atoms with Crippen LogP contribution in [0.2, 0.25) is 5.02 Å². The Balaban J connectivity index is 2.22. The molecule has 4 nitrogen and oxygen atoms in total. The molecule has 0 aliphatic carbocycles. The van der Waals surface area contributed by atoms with Crippen molar-refractivity contribution in [2.75, 3.05) is 0 Å². The van der Waals surface area contributed by atoms with Gasteiger partial charge >= 0.3 is 5.97 Å². The molecule has 0 fully saturated rings. The number of carboxylic acids is 1. The average molecular weight is 358 g/mol. The standard InChI is InChI=1S/C14H10BrClO4/c15-11-6-9(5-10(13(11)17)14(18)19)20-7-8-3-1-2-4-12(8)16/h1-6,17H,7H2,(H,18,19). The normalized spacial score (nSPS) is 10.3. The minimum atomic E-state index is -1.23. The Hall–Kier alpha value is -1.72. The summed E-state index contributed by atoms with van der Waals surface area (Å²) in [6.07, 6.45) is 0. The lowest BCUT2D eigenvalue weighted by Crippen LogP contribution is -2.01. The predicted molar refractivity (Wildman–Crippen MR) is 78.6 cm³/mol. The zero-order valence-electron chi connectivity index (χ0n) is 10.1. The van der Waals surface area contributed by atoms with Crippen LogP contribution in [0.1, 0.15) is 15.9 Å². The molecule has 104 valence electrons. The fourth-order valence-corrected chi connectivity index (χ4v) is 2.23. The molecule has 2 aromatic rings. The van der Waals surface area contributed by atoms with E-state index in [1.54, 1.807) is 6.07 Å². The largest absolute Gasteiger partial charge is 0.506 e. The maximum Gasteiger partial charge on any atom is 0.339 e. The van der Waals surface area contributed by atoms with Gasteiger partial charge in [-0.05, 0) is 34.1 Å². The molecule has 0 heterocycles. The Morgan fingerprint density at radius 1 is 1.30 bits per heavy atom. The number of halogens is 2. The Labute approximate surface area is 128 Å². The lowest BCUT2D eigenvalue weighted by Gasteiger charge is -2.10. The zero-order chi connectivity index (χ0) is 14.7. The molecule has 2 N–H and O–H groups in total. The van der Waals surface area contributed by atoms with Gasteiger partial charge in [-0.1, -0.05) is 29.8 Å². The van der Waals surface area contributed by atoms with Crippen LogP contribution in [0.5, 0.6) is 11.5 Å². The quantitative estimate of drug-likeness (QED) is 0.865. The molecule has 0 saturated carbocycles. The fourth-order valence-electron chi connectivity index (χ4n) is 1.60. The summed E-state index contributed by atoms with van der Waals surface area (Å²) in [5.41, 5.74) is 0.559. The van der Waals surface area contributed by atoms with Crippen LogP contribution in [-0.4, -0.2) is 16.2 Å². The fraction of sp³-hybridized carbons (Fsp3) is 0.0714. The summed E-state index contributed by atoms with van der Waals surface area (Å²) in [6, 6.07) is 9.97. The maximum atomic E-state index is 11.0. The van der Waals surface area contributed by atoms with Crippen molar-refractivity contribution in [1.29, 1.82) is 0 Å². The Morgan fingerprint density at radius 3 is 2.65 bits per heavy atom.